The van der Waals surface area contributed by atoms with E-state index in [4.69, 9.17) is 5.73 Å². The van der Waals surface area contributed by atoms with E-state index in [1.165, 1.54) is 0 Å². The third kappa shape index (κ3) is 2.18. The molecule has 0 bridgehead atoms. The van der Waals surface area contributed by atoms with Crippen LogP contribution in [0.3, 0.4) is 0 Å². The summed E-state index contributed by atoms with van der Waals surface area (Å²) in [6.07, 6.45) is 4.32. The van der Waals surface area contributed by atoms with Gasteiger partial charge in [-0.05, 0) is 18.9 Å². The van der Waals surface area contributed by atoms with Crippen LogP contribution in [-0.4, -0.2) is 6.54 Å². The minimum Gasteiger partial charge on any atom is -0.330 e. The molecule has 1 aliphatic rings. The molecular weight excluding hydrogens is 227 g/mol. The Bertz CT molecular complexity index is 411. The van der Waals surface area contributed by atoms with Gasteiger partial charge in [-0.1, -0.05) is 19.3 Å². The maximum Gasteiger partial charge on any atom is 0.162 e. The lowest BCUT2D eigenvalue weighted by atomic mass is 9.69. The molecule has 1 fully saturated rings. The molecule has 0 atom stereocenters. The van der Waals surface area contributed by atoms with Gasteiger partial charge in [-0.3, -0.25) is 0 Å². The summed E-state index contributed by atoms with van der Waals surface area (Å²) in [5, 5.41) is 0. The van der Waals surface area contributed by atoms with Gasteiger partial charge >= 0.3 is 0 Å². The molecular formula is C13H16F3N. The van der Waals surface area contributed by atoms with Crippen molar-refractivity contribution in [1.29, 1.82) is 0 Å². The van der Waals surface area contributed by atoms with Crippen molar-refractivity contribution in [3.05, 3.63) is 35.1 Å². The highest BCUT2D eigenvalue weighted by Gasteiger charge is 2.36. The van der Waals surface area contributed by atoms with Gasteiger partial charge < -0.3 is 5.73 Å². The molecule has 2 N–H and O–H groups in total. The van der Waals surface area contributed by atoms with Crippen molar-refractivity contribution in [2.45, 2.75) is 37.5 Å². The SMILES string of the molecule is NCC1(c2cc(F)cc(F)c2F)CCCCC1. The lowest BCUT2D eigenvalue weighted by molar-refractivity contribution is 0.286. The molecule has 0 amide bonds. The molecule has 0 radical (unpaired) electrons. The van der Waals surface area contributed by atoms with Crippen molar-refractivity contribution in [1.82, 2.24) is 0 Å². The summed E-state index contributed by atoms with van der Waals surface area (Å²) in [4.78, 5) is 0. The molecule has 1 nitrogen and oxygen atoms in total. The Hall–Kier alpha value is -1.03. The topological polar surface area (TPSA) is 26.0 Å². The highest BCUT2D eigenvalue weighted by Crippen LogP contribution is 2.40. The minimum atomic E-state index is -1.13. The molecule has 0 spiro atoms. The molecule has 0 heterocycles. The maximum atomic E-state index is 13.8. The summed E-state index contributed by atoms with van der Waals surface area (Å²) in [6, 6.07) is 1.67. The van der Waals surface area contributed by atoms with Crippen molar-refractivity contribution < 1.29 is 13.2 Å². The van der Waals surface area contributed by atoms with E-state index >= 15 is 0 Å². The zero-order chi connectivity index (χ0) is 12.5. The van der Waals surface area contributed by atoms with Gasteiger partial charge in [0, 0.05) is 23.6 Å². The summed E-state index contributed by atoms with van der Waals surface area (Å²) >= 11 is 0. The van der Waals surface area contributed by atoms with E-state index in [2.05, 4.69) is 0 Å². The van der Waals surface area contributed by atoms with Crippen LogP contribution in [0.5, 0.6) is 0 Å². The van der Waals surface area contributed by atoms with Crippen LogP contribution in [0.25, 0.3) is 0 Å². The molecule has 0 aliphatic heterocycles. The predicted molar refractivity (Wildman–Crippen MR) is 60.1 cm³/mol. The van der Waals surface area contributed by atoms with Gasteiger partial charge in [-0.2, -0.15) is 0 Å². The first kappa shape index (κ1) is 12.4. The number of halogens is 3. The molecule has 0 unspecified atom stereocenters. The Kier molecular flexibility index (Phi) is 3.43. The number of hydrogen-bond acceptors (Lipinski definition) is 1. The fraction of sp³-hybridized carbons (Fsp3) is 0.538. The van der Waals surface area contributed by atoms with Gasteiger partial charge in [0.05, 0.1) is 0 Å². The van der Waals surface area contributed by atoms with E-state index in [1.54, 1.807) is 0 Å². The zero-order valence-electron chi connectivity index (χ0n) is 9.61. The normalized spacial score (nSPS) is 19.3. The number of rotatable bonds is 2. The first-order valence-electron chi connectivity index (χ1n) is 5.94. The number of nitrogens with two attached hydrogens (primary N) is 1. The highest BCUT2D eigenvalue weighted by atomic mass is 19.2. The Morgan fingerprint density at radius 3 is 2.29 bits per heavy atom. The third-order valence-electron chi connectivity index (χ3n) is 3.77. The van der Waals surface area contributed by atoms with Gasteiger partial charge in [0.25, 0.3) is 0 Å². The zero-order valence-corrected chi connectivity index (χ0v) is 9.61. The van der Waals surface area contributed by atoms with Gasteiger partial charge in [0.1, 0.15) is 5.82 Å². The standard InChI is InChI=1S/C13H16F3N/c14-9-6-10(12(16)11(15)7-9)13(8-17)4-2-1-3-5-13/h6-7H,1-5,8,17H2. The summed E-state index contributed by atoms with van der Waals surface area (Å²) in [5.41, 5.74) is 5.24. The van der Waals surface area contributed by atoms with Gasteiger partial charge in [0.15, 0.2) is 11.6 Å². The van der Waals surface area contributed by atoms with Crippen molar-refractivity contribution in [3.63, 3.8) is 0 Å². The molecule has 2 rings (SSSR count). The molecule has 0 saturated heterocycles. The van der Waals surface area contributed by atoms with E-state index in [1.807, 2.05) is 0 Å². The highest BCUT2D eigenvalue weighted by molar-refractivity contribution is 5.30. The molecule has 1 aromatic carbocycles. The lowest BCUT2D eigenvalue weighted by Gasteiger charge is -2.37. The largest absolute Gasteiger partial charge is 0.330 e. The van der Waals surface area contributed by atoms with Crippen LogP contribution in [0.2, 0.25) is 0 Å². The Morgan fingerprint density at radius 1 is 1.06 bits per heavy atom. The van der Waals surface area contributed by atoms with E-state index in [9.17, 15) is 13.2 Å². The fourth-order valence-electron chi connectivity index (χ4n) is 2.75. The average Bonchev–Trinajstić information content (AvgIpc) is 2.34. The number of hydrogen-bond donors (Lipinski definition) is 1. The van der Waals surface area contributed by atoms with Crippen LogP contribution in [0.1, 0.15) is 37.7 Å². The molecule has 1 aliphatic carbocycles. The Labute approximate surface area is 98.8 Å². The maximum absolute atomic E-state index is 13.8. The van der Waals surface area contributed by atoms with Crippen LogP contribution < -0.4 is 5.73 Å². The Morgan fingerprint density at radius 2 is 1.71 bits per heavy atom. The smallest absolute Gasteiger partial charge is 0.162 e. The van der Waals surface area contributed by atoms with E-state index in [-0.39, 0.29) is 12.1 Å². The molecule has 1 saturated carbocycles. The Balaban J connectivity index is 2.49. The fourth-order valence-corrected chi connectivity index (χ4v) is 2.75. The second-order valence-electron chi connectivity index (χ2n) is 4.79. The molecule has 4 heteroatoms. The molecule has 1 aromatic rings. The van der Waals surface area contributed by atoms with E-state index in [0.717, 1.165) is 25.3 Å². The minimum absolute atomic E-state index is 0.109. The van der Waals surface area contributed by atoms with Crippen LogP contribution in [0.4, 0.5) is 13.2 Å². The van der Waals surface area contributed by atoms with Crippen LogP contribution >= 0.6 is 0 Å². The quantitative estimate of drug-likeness (QED) is 0.793. The first-order chi connectivity index (χ1) is 8.09. The molecule has 94 valence electrons. The number of benzene rings is 1. The van der Waals surface area contributed by atoms with Crippen LogP contribution in [0, 0.1) is 17.5 Å². The summed E-state index contributed by atoms with van der Waals surface area (Å²) < 4.78 is 40.3. The average molecular weight is 243 g/mol. The van der Waals surface area contributed by atoms with Crippen molar-refractivity contribution in [3.8, 4) is 0 Å². The third-order valence-corrected chi connectivity index (χ3v) is 3.77. The molecule has 17 heavy (non-hydrogen) atoms. The predicted octanol–water partition coefficient (Wildman–Crippen LogP) is 3.26. The van der Waals surface area contributed by atoms with Gasteiger partial charge in [-0.15, -0.1) is 0 Å². The van der Waals surface area contributed by atoms with Crippen molar-refractivity contribution in [2.24, 2.45) is 5.73 Å². The van der Waals surface area contributed by atoms with Crippen molar-refractivity contribution in [2.75, 3.05) is 6.54 Å². The van der Waals surface area contributed by atoms with Gasteiger partial charge in [0.2, 0.25) is 0 Å². The summed E-state index contributed by atoms with van der Waals surface area (Å²) in [5.74, 6) is -2.81. The second-order valence-corrected chi connectivity index (χ2v) is 4.79. The summed E-state index contributed by atoms with van der Waals surface area (Å²) in [7, 11) is 0. The first-order valence-corrected chi connectivity index (χ1v) is 5.94. The van der Waals surface area contributed by atoms with Crippen molar-refractivity contribution >= 4 is 0 Å². The van der Waals surface area contributed by atoms with Gasteiger partial charge in [-0.25, -0.2) is 13.2 Å². The lowest BCUT2D eigenvalue weighted by Crippen LogP contribution is -2.38. The van der Waals surface area contributed by atoms with E-state index < -0.39 is 22.9 Å². The summed E-state index contributed by atoms with van der Waals surface area (Å²) in [6.45, 7) is 0.229. The van der Waals surface area contributed by atoms with E-state index in [0.29, 0.717) is 18.9 Å². The van der Waals surface area contributed by atoms with Crippen LogP contribution in [-0.2, 0) is 5.41 Å². The monoisotopic (exact) mass is 243 g/mol. The second kappa shape index (κ2) is 4.69. The molecule has 0 aromatic heterocycles. The van der Waals surface area contributed by atoms with Crippen LogP contribution in [0.15, 0.2) is 12.1 Å².